The molecule has 0 atom stereocenters. The van der Waals surface area contributed by atoms with Crippen LogP contribution in [0.4, 0.5) is 0 Å². The summed E-state index contributed by atoms with van der Waals surface area (Å²) in [6.45, 7) is 3.98. The van der Waals surface area contributed by atoms with Crippen LogP contribution in [0.1, 0.15) is 19.0 Å². The van der Waals surface area contributed by atoms with Gasteiger partial charge in [-0.2, -0.15) is 0 Å². The summed E-state index contributed by atoms with van der Waals surface area (Å²) in [5.41, 5.74) is 1.05. The number of primary sulfonamides is 1. The lowest BCUT2D eigenvalue weighted by molar-refractivity contribution is 0.585. The number of hydrogen-bond acceptors (Lipinski definition) is 4. The minimum Gasteiger partial charge on any atom is -0.333 e. The molecule has 0 unspecified atom stereocenters. The summed E-state index contributed by atoms with van der Waals surface area (Å²) in [6.07, 6.45) is 4.60. The maximum absolute atomic E-state index is 10.7. The van der Waals surface area contributed by atoms with E-state index in [1.165, 1.54) is 0 Å². The molecule has 0 radical (unpaired) electrons. The van der Waals surface area contributed by atoms with E-state index in [-0.39, 0.29) is 5.75 Å². The molecule has 1 aromatic heterocycles. The monoisotopic (exact) mass is 246 g/mol. The molecule has 92 valence electrons. The molecule has 0 aliphatic heterocycles. The van der Waals surface area contributed by atoms with Crippen molar-refractivity contribution in [2.45, 2.75) is 26.4 Å². The van der Waals surface area contributed by atoms with Crippen LogP contribution in [0, 0.1) is 0 Å². The summed E-state index contributed by atoms with van der Waals surface area (Å²) < 4.78 is 23.4. The highest BCUT2D eigenvalue weighted by Gasteiger charge is 2.03. The van der Waals surface area contributed by atoms with Crippen molar-refractivity contribution in [1.82, 2.24) is 14.9 Å². The maximum atomic E-state index is 10.7. The van der Waals surface area contributed by atoms with Gasteiger partial charge in [0, 0.05) is 25.8 Å². The minimum atomic E-state index is -3.37. The Morgan fingerprint density at radius 1 is 1.56 bits per heavy atom. The molecule has 16 heavy (non-hydrogen) atoms. The number of sulfonamides is 1. The second-order valence-electron chi connectivity index (χ2n) is 3.62. The van der Waals surface area contributed by atoms with E-state index < -0.39 is 10.0 Å². The molecule has 1 rings (SSSR count). The lowest BCUT2D eigenvalue weighted by Crippen LogP contribution is -2.27. The Kier molecular flexibility index (Phi) is 4.91. The van der Waals surface area contributed by atoms with Crippen LogP contribution in [0.5, 0.6) is 0 Å². The third kappa shape index (κ3) is 4.73. The van der Waals surface area contributed by atoms with Crippen molar-refractivity contribution in [3.05, 3.63) is 18.2 Å². The summed E-state index contributed by atoms with van der Waals surface area (Å²) in [6, 6.07) is 0. The Morgan fingerprint density at radius 3 is 2.94 bits per heavy atom. The van der Waals surface area contributed by atoms with Gasteiger partial charge in [0.25, 0.3) is 0 Å². The van der Waals surface area contributed by atoms with Crippen LogP contribution < -0.4 is 10.5 Å². The van der Waals surface area contributed by atoms with Crippen LogP contribution in [0.25, 0.3) is 0 Å². The second-order valence-corrected chi connectivity index (χ2v) is 5.36. The largest absolute Gasteiger partial charge is 0.333 e. The van der Waals surface area contributed by atoms with E-state index in [1.54, 1.807) is 12.5 Å². The van der Waals surface area contributed by atoms with Crippen LogP contribution in [0.2, 0.25) is 0 Å². The molecule has 0 amide bonds. The zero-order valence-electron chi connectivity index (χ0n) is 9.39. The normalized spacial score (nSPS) is 11.9. The average Bonchev–Trinajstić information content (AvgIpc) is 2.60. The van der Waals surface area contributed by atoms with E-state index in [9.17, 15) is 8.42 Å². The number of nitrogens with two attached hydrogens (primary N) is 1. The lowest BCUT2D eigenvalue weighted by atomic mass is 10.4. The first kappa shape index (κ1) is 13.1. The molecular weight excluding hydrogens is 228 g/mol. The molecule has 1 aromatic rings. The molecule has 0 aliphatic rings. The van der Waals surface area contributed by atoms with Crippen LogP contribution in [-0.2, 0) is 23.1 Å². The van der Waals surface area contributed by atoms with Crippen molar-refractivity contribution >= 4 is 10.0 Å². The van der Waals surface area contributed by atoms with E-state index in [2.05, 4.69) is 17.2 Å². The number of aryl methyl sites for hydroxylation is 1. The van der Waals surface area contributed by atoms with Gasteiger partial charge in [-0.1, -0.05) is 6.92 Å². The zero-order valence-corrected chi connectivity index (χ0v) is 10.2. The maximum Gasteiger partial charge on any atom is 0.210 e. The number of aromatic nitrogens is 2. The van der Waals surface area contributed by atoms with Gasteiger partial charge >= 0.3 is 0 Å². The number of rotatable bonds is 7. The Morgan fingerprint density at radius 2 is 2.31 bits per heavy atom. The molecule has 0 aliphatic carbocycles. The first-order valence-corrected chi connectivity index (χ1v) is 6.94. The zero-order chi connectivity index (χ0) is 12.0. The minimum absolute atomic E-state index is 0.0467. The Hall–Kier alpha value is -0.920. The Labute approximate surface area is 95.9 Å². The van der Waals surface area contributed by atoms with Gasteiger partial charge in [0.15, 0.2) is 0 Å². The third-order valence-electron chi connectivity index (χ3n) is 2.13. The highest BCUT2D eigenvalue weighted by molar-refractivity contribution is 7.89. The van der Waals surface area contributed by atoms with Gasteiger partial charge in [-0.25, -0.2) is 18.5 Å². The summed E-state index contributed by atoms with van der Waals surface area (Å²) in [4.78, 5) is 4.05. The molecule has 3 N–H and O–H groups in total. The number of hydrogen-bond donors (Lipinski definition) is 2. The summed E-state index contributed by atoms with van der Waals surface area (Å²) in [5, 5.41) is 7.91. The highest BCUT2D eigenvalue weighted by Crippen LogP contribution is 1.99. The Bertz CT molecular complexity index is 413. The average molecular weight is 246 g/mol. The van der Waals surface area contributed by atoms with Gasteiger partial charge in [-0.15, -0.1) is 0 Å². The fourth-order valence-electron chi connectivity index (χ4n) is 1.37. The summed E-state index contributed by atoms with van der Waals surface area (Å²) >= 11 is 0. The van der Waals surface area contributed by atoms with Crippen molar-refractivity contribution in [3.63, 3.8) is 0 Å². The van der Waals surface area contributed by atoms with Gasteiger partial charge in [0.05, 0.1) is 17.8 Å². The molecule has 0 saturated heterocycles. The number of nitrogens with zero attached hydrogens (tertiary/aromatic N) is 2. The fourth-order valence-corrected chi connectivity index (χ4v) is 1.80. The van der Waals surface area contributed by atoms with Crippen molar-refractivity contribution in [2.75, 3.05) is 12.3 Å². The number of nitrogens with one attached hydrogen (secondary N) is 1. The van der Waals surface area contributed by atoms with Gasteiger partial charge in [-0.3, -0.25) is 0 Å². The first-order chi connectivity index (χ1) is 7.53. The van der Waals surface area contributed by atoms with E-state index in [0.29, 0.717) is 13.1 Å². The van der Waals surface area contributed by atoms with E-state index in [0.717, 1.165) is 18.7 Å². The van der Waals surface area contributed by atoms with Gasteiger partial charge in [-0.05, 0) is 6.42 Å². The van der Waals surface area contributed by atoms with Crippen LogP contribution in [-0.4, -0.2) is 30.3 Å². The van der Waals surface area contributed by atoms with E-state index >= 15 is 0 Å². The van der Waals surface area contributed by atoms with Crippen molar-refractivity contribution in [1.29, 1.82) is 0 Å². The summed E-state index contributed by atoms with van der Waals surface area (Å²) in [5.74, 6) is -0.0467. The van der Waals surface area contributed by atoms with E-state index in [4.69, 9.17) is 5.14 Å². The predicted octanol–water partition coefficient (Wildman–Crippen LogP) is -0.329. The fraction of sp³-hybridized carbons (Fsp3) is 0.667. The first-order valence-electron chi connectivity index (χ1n) is 5.23. The summed E-state index contributed by atoms with van der Waals surface area (Å²) in [7, 11) is -3.37. The smallest absolute Gasteiger partial charge is 0.210 e. The van der Waals surface area contributed by atoms with Crippen LogP contribution >= 0.6 is 0 Å². The third-order valence-corrected chi connectivity index (χ3v) is 2.91. The molecule has 6 nitrogen and oxygen atoms in total. The highest BCUT2D eigenvalue weighted by atomic mass is 32.2. The van der Waals surface area contributed by atoms with Crippen molar-refractivity contribution < 1.29 is 8.42 Å². The molecule has 0 spiro atoms. The molecule has 0 aromatic carbocycles. The SMILES string of the molecule is CCCn1cncc1CNCCS(N)(=O)=O. The van der Waals surface area contributed by atoms with Crippen LogP contribution in [0.3, 0.4) is 0 Å². The standard InChI is InChI=1S/C9H18N4O2S/c1-2-4-13-8-12-7-9(13)6-11-3-5-16(10,14)15/h7-8,11H,2-6H2,1H3,(H2,10,14,15). The Balaban J connectivity index is 2.34. The molecule has 1 heterocycles. The predicted molar refractivity (Wildman–Crippen MR) is 62.2 cm³/mol. The molecule has 0 saturated carbocycles. The van der Waals surface area contributed by atoms with Gasteiger partial charge in [0.2, 0.25) is 10.0 Å². The van der Waals surface area contributed by atoms with Crippen molar-refractivity contribution in [2.24, 2.45) is 5.14 Å². The second kappa shape index (κ2) is 5.97. The molecule has 7 heteroatoms. The topological polar surface area (TPSA) is 90.0 Å². The van der Waals surface area contributed by atoms with Crippen molar-refractivity contribution in [3.8, 4) is 0 Å². The molecule has 0 bridgehead atoms. The van der Waals surface area contributed by atoms with E-state index in [1.807, 2.05) is 4.57 Å². The number of imidazole rings is 1. The molecule has 0 fully saturated rings. The molecular formula is C9H18N4O2S. The van der Waals surface area contributed by atoms with Gasteiger partial charge < -0.3 is 9.88 Å². The van der Waals surface area contributed by atoms with Crippen LogP contribution in [0.15, 0.2) is 12.5 Å². The lowest BCUT2D eigenvalue weighted by Gasteiger charge is -2.07. The van der Waals surface area contributed by atoms with Gasteiger partial charge in [0.1, 0.15) is 0 Å². The quantitative estimate of drug-likeness (QED) is 0.645.